The van der Waals surface area contributed by atoms with E-state index in [9.17, 15) is 0 Å². The van der Waals surface area contributed by atoms with Crippen molar-refractivity contribution >= 4 is 8.07 Å². The minimum absolute atomic E-state index is 0.246. The molecule has 0 spiro atoms. The Morgan fingerprint density at radius 1 is 1.57 bits per heavy atom. The molecule has 0 aliphatic rings. The molecule has 0 fully saturated rings. The molecule has 0 aliphatic carbocycles. The first kappa shape index (κ1) is 13.5. The summed E-state index contributed by atoms with van der Waals surface area (Å²) in [6.07, 6.45) is 6.38. The van der Waals surface area contributed by atoms with Gasteiger partial charge in [0.05, 0.1) is 12.1 Å². The molecule has 80 valence electrons. The van der Waals surface area contributed by atoms with Crippen LogP contribution in [0.3, 0.4) is 0 Å². The molecule has 0 aromatic rings. The lowest BCUT2D eigenvalue weighted by atomic mass is 10.1. The van der Waals surface area contributed by atoms with Crippen LogP contribution in [-0.2, 0) is 4.74 Å². The van der Waals surface area contributed by atoms with Gasteiger partial charge < -0.3 is 4.74 Å². The van der Waals surface area contributed by atoms with Crippen molar-refractivity contribution in [1.29, 1.82) is 0 Å². The molecule has 0 saturated carbocycles. The second kappa shape index (κ2) is 6.06. The zero-order chi connectivity index (χ0) is 11.2. The summed E-state index contributed by atoms with van der Waals surface area (Å²) in [7, 11) is -0.550. The van der Waals surface area contributed by atoms with E-state index in [4.69, 9.17) is 11.2 Å². The van der Waals surface area contributed by atoms with Gasteiger partial charge in [0.1, 0.15) is 5.76 Å². The van der Waals surface area contributed by atoms with Crippen LogP contribution < -0.4 is 5.09 Å². The van der Waals surface area contributed by atoms with E-state index in [1.54, 1.807) is 0 Å². The first-order valence-corrected chi connectivity index (χ1v) is 6.34. The van der Waals surface area contributed by atoms with Crippen molar-refractivity contribution < 1.29 is 4.74 Å². The summed E-state index contributed by atoms with van der Waals surface area (Å²) < 4.78 is 5.38. The van der Waals surface area contributed by atoms with E-state index in [0.717, 1.165) is 11.9 Å². The molecule has 0 rings (SSSR count). The fourth-order valence-electron chi connectivity index (χ4n) is 0.957. The molecule has 0 radical (unpaired) electrons. The third-order valence-electron chi connectivity index (χ3n) is 1.90. The Labute approximate surface area is 88.9 Å². The molecule has 1 N–H and O–H groups in total. The highest BCUT2D eigenvalue weighted by Crippen LogP contribution is 2.33. The normalized spacial score (nSPS) is 13.1. The Morgan fingerprint density at radius 2 is 2.14 bits per heavy atom. The summed E-state index contributed by atoms with van der Waals surface area (Å²) in [5.74, 6) is 0.746. The van der Waals surface area contributed by atoms with Gasteiger partial charge in [0.25, 0.3) is 0 Å². The number of hydrogen-bond acceptors (Lipinski definition) is 2. The standard InChI is InChI=1S/C11H20NOP/c1-7-13-10(4)11(5,6)12-14(8-2)9-3/h2,12H,4,7,9H2,1,3,5-6H3. The maximum Gasteiger partial charge on any atom is 0.109 e. The van der Waals surface area contributed by atoms with Crippen LogP contribution in [0.5, 0.6) is 0 Å². The summed E-state index contributed by atoms with van der Waals surface area (Å²) in [6, 6.07) is 0. The first-order valence-electron chi connectivity index (χ1n) is 4.81. The van der Waals surface area contributed by atoms with Gasteiger partial charge in [-0.2, -0.15) is 0 Å². The fourth-order valence-corrected chi connectivity index (χ4v) is 2.16. The van der Waals surface area contributed by atoms with Crippen molar-refractivity contribution in [2.24, 2.45) is 0 Å². The lowest BCUT2D eigenvalue weighted by Gasteiger charge is -2.30. The van der Waals surface area contributed by atoms with E-state index in [1.165, 1.54) is 0 Å². The van der Waals surface area contributed by atoms with Crippen LogP contribution in [0.2, 0.25) is 0 Å². The Morgan fingerprint density at radius 3 is 2.50 bits per heavy atom. The maximum atomic E-state index is 5.41. The second-order valence-corrected chi connectivity index (χ2v) is 5.44. The Hall–Kier alpha value is -0.510. The molecule has 0 aromatic carbocycles. The molecular weight excluding hydrogens is 193 g/mol. The SMILES string of the molecule is C#CP(CC)NC(C)(C)C(=C)OCC. The van der Waals surface area contributed by atoms with Gasteiger partial charge in [0.2, 0.25) is 0 Å². The smallest absolute Gasteiger partial charge is 0.109 e. The first-order chi connectivity index (χ1) is 6.47. The van der Waals surface area contributed by atoms with Crippen molar-refractivity contribution in [2.75, 3.05) is 12.8 Å². The highest BCUT2D eigenvalue weighted by molar-refractivity contribution is 7.60. The van der Waals surface area contributed by atoms with Gasteiger partial charge in [-0.25, -0.2) is 0 Å². The molecule has 14 heavy (non-hydrogen) atoms. The van der Waals surface area contributed by atoms with Gasteiger partial charge in [0.15, 0.2) is 0 Å². The Balaban J connectivity index is 4.32. The van der Waals surface area contributed by atoms with Crippen LogP contribution in [-0.4, -0.2) is 18.3 Å². The van der Waals surface area contributed by atoms with Gasteiger partial charge >= 0.3 is 0 Å². The third kappa shape index (κ3) is 4.13. The van der Waals surface area contributed by atoms with Crippen LogP contribution in [0.25, 0.3) is 0 Å². The van der Waals surface area contributed by atoms with E-state index in [-0.39, 0.29) is 5.54 Å². The highest BCUT2D eigenvalue weighted by Gasteiger charge is 2.25. The quantitative estimate of drug-likeness (QED) is 0.416. The molecule has 0 bridgehead atoms. The Bertz CT molecular complexity index is 230. The largest absolute Gasteiger partial charge is 0.497 e. The lowest BCUT2D eigenvalue weighted by molar-refractivity contribution is 0.184. The zero-order valence-electron chi connectivity index (χ0n) is 9.55. The van der Waals surface area contributed by atoms with E-state index in [0.29, 0.717) is 6.61 Å². The number of rotatable bonds is 6. The third-order valence-corrected chi connectivity index (χ3v) is 3.68. The molecule has 0 aliphatic heterocycles. The number of nitrogens with one attached hydrogen (secondary N) is 1. The highest BCUT2D eigenvalue weighted by atomic mass is 31.1. The number of ether oxygens (including phenoxy) is 1. The average molecular weight is 213 g/mol. The zero-order valence-corrected chi connectivity index (χ0v) is 10.4. The summed E-state index contributed by atoms with van der Waals surface area (Å²) >= 11 is 0. The summed E-state index contributed by atoms with van der Waals surface area (Å²) in [5.41, 5.74) is 2.52. The van der Waals surface area contributed by atoms with Gasteiger partial charge in [-0.3, -0.25) is 5.09 Å². The van der Waals surface area contributed by atoms with Crippen LogP contribution >= 0.6 is 8.07 Å². The van der Waals surface area contributed by atoms with Gasteiger partial charge in [-0.05, 0) is 26.9 Å². The molecule has 0 amide bonds. The van der Waals surface area contributed by atoms with Crippen molar-refractivity contribution in [3.8, 4) is 12.1 Å². The average Bonchev–Trinajstić information content (AvgIpc) is 2.14. The van der Waals surface area contributed by atoms with Crippen molar-refractivity contribution in [2.45, 2.75) is 33.2 Å². The van der Waals surface area contributed by atoms with Crippen molar-refractivity contribution in [3.63, 3.8) is 0 Å². The predicted molar refractivity (Wildman–Crippen MR) is 64.3 cm³/mol. The molecule has 2 nitrogen and oxygen atoms in total. The van der Waals surface area contributed by atoms with Crippen molar-refractivity contribution in [1.82, 2.24) is 5.09 Å². The minimum Gasteiger partial charge on any atom is -0.497 e. The Kier molecular flexibility index (Phi) is 5.84. The summed E-state index contributed by atoms with van der Waals surface area (Å²) in [4.78, 5) is 0. The summed E-state index contributed by atoms with van der Waals surface area (Å²) in [5, 5.41) is 3.38. The maximum absolute atomic E-state index is 5.41. The fraction of sp³-hybridized carbons (Fsp3) is 0.636. The molecule has 0 saturated heterocycles. The van der Waals surface area contributed by atoms with E-state index < -0.39 is 8.07 Å². The van der Waals surface area contributed by atoms with E-state index in [2.05, 4.69) is 24.3 Å². The molecule has 3 heteroatoms. The molecular formula is C11H20NOP. The number of hydrogen-bond donors (Lipinski definition) is 1. The topological polar surface area (TPSA) is 21.3 Å². The van der Waals surface area contributed by atoms with Gasteiger partial charge in [0, 0.05) is 8.07 Å². The monoisotopic (exact) mass is 213 g/mol. The number of terminal acetylenes is 1. The van der Waals surface area contributed by atoms with Crippen molar-refractivity contribution in [3.05, 3.63) is 12.3 Å². The lowest BCUT2D eigenvalue weighted by Crippen LogP contribution is -2.38. The van der Waals surface area contributed by atoms with Crippen LogP contribution in [0, 0.1) is 12.1 Å². The predicted octanol–water partition coefficient (Wildman–Crippen LogP) is 2.91. The molecule has 0 aromatic heterocycles. The van der Waals surface area contributed by atoms with Crippen LogP contribution in [0.1, 0.15) is 27.7 Å². The van der Waals surface area contributed by atoms with E-state index in [1.807, 2.05) is 20.8 Å². The molecule has 1 unspecified atom stereocenters. The van der Waals surface area contributed by atoms with Crippen LogP contribution in [0.4, 0.5) is 0 Å². The van der Waals surface area contributed by atoms with Gasteiger partial charge in [-0.15, -0.1) is 6.42 Å². The minimum atomic E-state index is -0.550. The van der Waals surface area contributed by atoms with Crippen LogP contribution in [0.15, 0.2) is 12.3 Å². The second-order valence-electron chi connectivity index (χ2n) is 3.47. The summed E-state index contributed by atoms with van der Waals surface area (Å²) in [6.45, 7) is 12.6. The van der Waals surface area contributed by atoms with E-state index >= 15 is 0 Å². The van der Waals surface area contributed by atoms with Gasteiger partial charge in [-0.1, -0.05) is 19.2 Å². The molecule has 0 heterocycles. The molecule has 1 atom stereocenters.